The molecule has 0 unspecified atom stereocenters. The lowest BCUT2D eigenvalue weighted by Gasteiger charge is -2.17. The second-order valence-corrected chi connectivity index (χ2v) is 11.8. The number of sulfonamides is 1. The zero-order chi connectivity index (χ0) is 21.5. The van der Waals surface area contributed by atoms with Gasteiger partial charge in [-0.15, -0.1) is 0 Å². The van der Waals surface area contributed by atoms with Crippen molar-refractivity contribution in [2.24, 2.45) is 5.41 Å². The first-order valence-electron chi connectivity index (χ1n) is 10.8. The third-order valence-corrected chi connectivity index (χ3v) is 7.72. The molecule has 1 aliphatic rings. The highest BCUT2D eigenvalue weighted by Gasteiger charge is 2.35. The lowest BCUT2D eigenvalue weighted by atomic mass is 9.87. The van der Waals surface area contributed by atoms with Gasteiger partial charge in [-0.2, -0.15) is 0 Å². The molecule has 2 aromatic carbocycles. The molecular weight excluding hydrogens is 392 g/mol. The van der Waals surface area contributed by atoms with Gasteiger partial charge in [0, 0.05) is 30.2 Å². The second kappa shape index (κ2) is 7.86. The number of aryl methyl sites for hydroxylation is 1. The lowest BCUT2D eigenvalue weighted by Crippen LogP contribution is -2.30. The van der Waals surface area contributed by atoms with Gasteiger partial charge in [-0.3, -0.25) is 0 Å². The maximum atomic E-state index is 12.2. The minimum absolute atomic E-state index is 0.172. The normalized spacial score (nSPS) is 15.1. The van der Waals surface area contributed by atoms with Gasteiger partial charge >= 0.3 is 0 Å². The van der Waals surface area contributed by atoms with Crippen LogP contribution in [0.3, 0.4) is 0 Å². The van der Waals surface area contributed by atoms with E-state index >= 15 is 0 Å². The van der Waals surface area contributed by atoms with Crippen LogP contribution < -0.4 is 4.72 Å². The quantitative estimate of drug-likeness (QED) is 0.560. The summed E-state index contributed by atoms with van der Waals surface area (Å²) in [7, 11) is -3.14. The predicted molar refractivity (Wildman–Crippen MR) is 125 cm³/mol. The molecule has 160 valence electrons. The summed E-state index contributed by atoms with van der Waals surface area (Å²) in [4.78, 5) is 0. The molecule has 0 bridgehead atoms. The molecule has 30 heavy (non-hydrogen) atoms. The van der Waals surface area contributed by atoms with Crippen molar-refractivity contribution in [1.29, 1.82) is 0 Å². The number of fused-ring (bicyclic) bond motifs is 1. The van der Waals surface area contributed by atoms with Crippen molar-refractivity contribution in [3.8, 4) is 11.1 Å². The Hall–Kier alpha value is -2.11. The van der Waals surface area contributed by atoms with Crippen molar-refractivity contribution in [3.05, 3.63) is 59.8 Å². The fraction of sp³-hybridized carbons (Fsp3) is 0.440. The molecular formula is C25H32N2O2S. The number of hydrogen-bond acceptors (Lipinski definition) is 2. The highest BCUT2D eigenvalue weighted by molar-refractivity contribution is 7.90. The largest absolute Gasteiger partial charge is 0.346 e. The van der Waals surface area contributed by atoms with Gasteiger partial charge in [0.25, 0.3) is 0 Å². The molecule has 1 heterocycles. The van der Waals surface area contributed by atoms with Gasteiger partial charge in [-0.05, 0) is 66.0 Å². The fourth-order valence-corrected chi connectivity index (χ4v) is 5.51. The van der Waals surface area contributed by atoms with E-state index in [1.54, 1.807) is 0 Å². The Kier molecular flexibility index (Phi) is 5.54. The smallest absolute Gasteiger partial charge is 0.214 e. The molecule has 1 aromatic heterocycles. The zero-order valence-electron chi connectivity index (χ0n) is 18.4. The summed E-state index contributed by atoms with van der Waals surface area (Å²) in [6, 6.07) is 15.1. The van der Waals surface area contributed by atoms with Crippen molar-refractivity contribution < 1.29 is 8.42 Å². The van der Waals surface area contributed by atoms with Crippen LogP contribution in [0.2, 0.25) is 0 Å². The van der Waals surface area contributed by atoms with Gasteiger partial charge in [0.05, 0.1) is 5.25 Å². The number of aromatic nitrogens is 1. The predicted octanol–water partition coefficient (Wildman–Crippen LogP) is 5.29. The minimum atomic E-state index is -3.14. The monoisotopic (exact) mass is 424 g/mol. The highest BCUT2D eigenvalue weighted by Crippen LogP contribution is 2.33. The topological polar surface area (TPSA) is 51.1 Å². The summed E-state index contributed by atoms with van der Waals surface area (Å²) in [5.41, 5.74) is 6.40. The van der Waals surface area contributed by atoms with Crippen LogP contribution in [0.5, 0.6) is 0 Å². The molecule has 0 aliphatic heterocycles. The zero-order valence-corrected chi connectivity index (χ0v) is 19.2. The Morgan fingerprint density at radius 3 is 2.50 bits per heavy atom. The van der Waals surface area contributed by atoms with E-state index in [0.717, 1.165) is 24.8 Å². The van der Waals surface area contributed by atoms with Gasteiger partial charge in [-0.25, -0.2) is 13.1 Å². The molecule has 0 atom stereocenters. The van der Waals surface area contributed by atoms with Crippen LogP contribution in [0.15, 0.2) is 48.7 Å². The number of benzene rings is 2. The van der Waals surface area contributed by atoms with Gasteiger partial charge in [0.15, 0.2) is 0 Å². The number of rotatable bonds is 7. The molecule has 0 amide bonds. The highest BCUT2D eigenvalue weighted by atomic mass is 32.2. The summed E-state index contributed by atoms with van der Waals surface area (Å²) in [5, 5.41) is 1.09. The number of nitrogens with zero attached hydrogens (tertiary/aromatic N) is 1. The Morgan fingerprint density at radius 2 is 1.83 bits per heavy atom. The van der Waals surface area contributed by atoms with Crippen molar-refractivity contribution >= 4 is 20.9 Å². The Morgan fingerprint density at radius 1 is 1.10 bits per heavy atom. The van der Waals surface area contributed by atoms with Gasteiger partial charge in [-0.1, -0.05) is 51.1 Å². The maximum absolute atomic E-state index is 12.2. The maximum Gasteiger partial charge on any atom is 0.214 e. The van der Waals surface area contributed by atoms with Crippen LogP contribution in [-0.4, -0.2) is 24.8 Å². The van der Waals surface area contributed by atoms with Crippen LogP contribution in [0.4, 0.5) is 0 Å². The van der Waals surface area contributed by atoms with Crippen LogP contribution >= 0.6 is 0 Å². The number of hydrogen-bond donors (Lipinski definition) is 1. The molecule has 3 aromatic rings. The Balaban J connectivity index is 1.67. The third-order valence-electron chi connectivity index (χ3n) is 5.76. The van der Waals surface area contributed by atoms with E-state index in [4.69, 9.17) is 0 Å². The summed E-state index contributed by atoms with van der Waals surface area (Å²) in [5.74, 6) is 0. The molecule has 1 fully saturated rings. The van der Waals surface area contributed by atoms with E-state index in [9.17, 15) is 8.42 Å². The molecule has 5 heteroatoms. The first-order chi connectivity index (χ1) is 14.1. The molecule has 0 spiro atoms. The fourth-order valence-electron chi connectivity index (χ4n) is 4.14. The summed E-state index contributed by atoms with van der Waals surface area (Å²) >= 11 is 0. The van der Waals surface area contributed by atoms with Crippen LogP contribution in [0.1, 0.15) is 44.7 Å². The molecule has 1 aliphatic carbocycles. The van der Waals surface area contributed by atoms with Crippen LogP contribution in [-0.2, 0) is 23.0 Å². The summed E-state index contributed by atoms with van der Waals surface area (Å²) < 4.78 is 29.3. The van der Waals surface area contributed by atoms with Gasteiger partial charge in [0.2, 0.25) is 10.0 Å². The molecule has 0 radical (unpaired) electrons. The average molecular weight is 425 g/mol. The first-order valence-corrected chi connectivity index (χ1v) is 12.3. The third kappa shape index (κ3) is 4.62. The molecule has 4 nitrogen and oxygen atoms in total. The SMILES string of the molecule is Cc1ccccc1-c1ccc2c(c1)c(CC(C)(C)C)cn2CCNS(=O)(=O)C1CC1. The molecule has 1 saturated carbocycles. The second-order valence-electron chi connectivity index (χ2n) is 9.77. The van der Waals surface area contributed by atoms with Crippen molar-refractivity contribution in [2.45, 2.75) is 58.8 Å². The van der Waals surface area contributed by atoms with Crippen LogP contribution in [0, 0.1) is 12.3 Å². The Bertz CT molecular complexity index is 1170. The van der Waals surface area contributed by atoms with Gasteiger partial charge < -0.3 is 4.57 Å². The van der Waals surface area contributed by atoms with E-state index in [2.05, 4.69) is 85.6 Å². The van der Waals surface area contributed by atoms with Crippen molar-refractivity contribution in [2.75, 3.05) is 6.54 Å². The van der Waals surface area contributed by atoms with E-state index in [1.165, 1.54) is 27.6 Å². The average Bonchev–Trinajstić information content (AvgIpc) is 3.47. The van der Waals surface area contributed by atoms with Crippen molar-refractivity contribution in [3.63, 3.8) is 0 Å². The number of nitrogens with one attached hydrogen (secondary N) is 1. The standard InChI is InChI=1S/C25H32N2O2S/c1-18-7-5-6-8-22(18)19-9-12-24-23(15-19)20(16-25(2,3)4)17-27(24)14-13-26-30(28,29)21-10-11-21/h5-9,12,15,17,21,26H,10-11,13-14,16H2,1-4H3. The first kappa shape index (κ1) is 21.1. The van der Waals surface area contributed by atoms with E-state index in [0.29, 0.717) is 13.1 Å². The molecule has 0 saturated heterocycles. The van der Waals surface area contributed by atoms with Crippen LogP contribution in [0.25, 0.3) is 22.0 Å². The molecule has 4 rings (SSSR count). The van der Waals surface area contributed by atoms with Crippen molar-refractivity contribution in [1.82, 2.24) is 9.29 Å². The minimum Gasteiger partial charge on any atom is -0.346 e. The van der Waals surface area contributed by atoms with E-state index < -0.39 is 10.0 Å². The Labute approximate surface area is 180 Å². The van der Waals surface area contributed by atoms with E-state index in [1.807, 2.05) is 0 Å². The lowest BCUT2D eigenvalue weighted by molar-refractivity contribution is 0.412. The molecule has 1 N–H and O–H groups in total. The summed E-state index contributed by atoms with van der Waals surface area (Å²) in [6.45, 7) is 9.97. The van der Waals surface area contributed by atoms with E-state index in [-0.39, 0.29) is 10.7 Å². The van der Waals surface area contributed by atoms with Gasteiger partial charge in [0.1, 0.15) is 0 Å². The summed E-state index contributed by atoms with van der Waals surface area (Å²) in [6.07, 6.45) is 4.77.